The van der Waals surface area contributed by atoms with Gasteiger partial charge in [-0.05, 0) is 18.6 Å². The van der Waals surface area contributed by atoms with Crippen molar-refractivity contribution >= 4 is 11.8 Å². The minimum absolute atomic E-state index is 0.706. The highest BCUT2D eigenvalue weighted by Gasteiger charge is 2.12. The van der Waals surface area contributed by atoms with E-state index in [-0.39, 0.29) is 0 Å². The Balaban J connectivity index is 1.62. The van der Waals surface area contributed by atoms with Crippen molar-refractivity contribution in [2.24, 2.45) is 0 Å². The van der Waals surface area contributed by atoms with Crippen LogP contribution in [0.2, 0.25) is 0 Å². The Morgan fingerprint density at radius 2 is 2.57 bits per heavy atom. The van der Waals surface area contributed by atoms with E-state index in [1.54, 1.807) is 12.7 Å². The second-order valence-electron chi connectivity index (χ2n) is 3.53. The van der Waals surface area contributed by atoms with E-state index in [9.17, 15) is 0 Å². The Morgan fingerprint density at radius 1 is 1.57 bits per heavy atom. The van der Waals surface area contributed by atoms with Crippen LogP contribution in [0.4, 0.5) is 0 Å². The monoisotopic (exact) mass is 212 g/mol. The van der Waals surface area contributed by atoms with Crippen molar-refractivity contribution in [1.82, 2.24) is 20.1 Å². The van der Waals surface area contributed by atoms with E-state index >= 15 is 0 Å². The fourth-order valence-electron chi connectivity index (χ4n) is 1.63. The van der Waals surface area contributed by atoms with E-state index in [0.717, 1.165) is 13.1 Å². The van der Waals surface area contributed by atoms with Gasteiger partial charge in [0.15, 0.2) is 0 Å². The first-order valence-electron chi connectivity index (χ1n) is 5.09. The highest BCUT2D eigenvalue weighted by atomic mass is 32.2. The lowest BCUT2D eigenvalue weighted by Crippen LogP contribution is -2.35. The first-order valence-corrected chi connectivity index (χ1v) is 6.24. The van der Waals surface area contributed by atoms with Crippen molar-refractivity contribution in [3.05, 3.63) is 12.7 Å². The van der Waals surface area contributed by atoms with Gasteiger partial charge in [0, 0.05) is 18.3 Å². The zero-order chi connectivity index (χ0) is 9.64. The lowest BCUT2D eigenvalue weighted by Gasteiger charge is -2.22. The number of hydrogen-bond donors (Lipinski definition) is 1. The number of aromatic nitrogens is 3. The molecule has 1 saturated heterocycles. The molecule has 0 radical (unpaired) electrons. The van der Waals surface area contributed by atoms with Gasteiger partial charge in [-0.25, -0.2) is 4.98 Å². The van der Waals surface area contributed by atoms with E-state index in [2.05, 4.69) is 27.2 Å². The van der Waals surface area contributed by atoms with Crippen LogP contribution in [0.1, 0.15) is 12.8 Å². The van der Waals surface area contributed by atoms with Crippen molar-refractivity contribution in [2.45, 2.75) is 25.4 Å². The van der Waals surface area contributed by atoms with Crippen molar-refractivity contribution in [2.75, 3.05) is 18.1 Å². The molecule has 2 heterocycles. The molecule has 0 spiro atoms. The molecule has 14 heavy (non-hydrogen) atoms. The molecule has 1 aliphatic rings. The van der Waals surface area contributed by atoms with Crippen LogP contribution in [0.5, 0.6) is 0 Å². The second-order valence-corrected chi connectivity index (χ2v) is 4.68. The Labute approximate surface area is 88.5 Å². The SMILES string of the molecule is c1ncn(CCNC2CCCSC2)n1. The lowest BCUT2D eigenvalue weighted by molar-refractivity contribution is 0.472. The fraction of sp³-hybridized carbons (Fsp3) is 0.778. The molecule has 1 atom stereocenters. The average Bonchev–Trinajstić information content (AvgIpc) is 2.72. The maximum absolute atomic E-state index is 4.06. The molecular weight excluding hydrogens is 196 g/mol. The lowest BCUT2D eigenvalue weighted by atomic mass is 10.2. The smallest absolute Gasteiger partial charge is 0.137 e. The van der Waals surface area contributed by atoms with Gasteiger partial charge in [-0.1, -0.05) is 0 Å². The third-order valence-electron chi connectivity index (χ3n) is 2.40. The molecule has 0 aliphatic carbocycles. The zero-order valence-corrected chi connectivity index (χ0v) is 9.04. The van der Waals surface area contributed by atoms with Crippen LogP contribution in [0.3, 0.4) is 0 Å². The quantitative estimate of drug-likeness (QED) is 0.800. The molecule has 1 aromatic rings. The molecule has 1 aromatic heterocycles. The number of rotatable bonds is 4. The number of nitrogens with zero attached hydrogens (tertiary/aromatic N) is 3. The first kappa shape index (κ1) is 9.98. The van der Waals surface area contributed by atoms with Crippen LogP contribution in [0.25, 0.3) is 0 Å². The molecule has 0 saturated carbocycles. The van der Waals surface area contributed by atoms with Crippen LogP contribution in [-0.2, 0) is 6.54 Å². The minimum atomic E-state index is 0.706. The largest absolute Gasteiger partial charge is 0.311 e. The third kappa shape index (κ3) is 2.99. The van der Waals surface area contributed by atoms with E-state index in [1.165, 1.54) is 24.3 Å². The molecule has 0 amide bonds. The van der Waals surface area contributed by atoms with E-state index in [1.807, 2.05) is 4.68 Å². The summed E-state index contributed by atoms with van der Waals surface area (Å²) in [6.45, 7) is 1.91. The van der Waals surface area contributed by atoms with Gasteiger partial charge in [0.1, 0.15) is 12.7 Å². The van der Waals surface area contributed by atoms with Crippen LogP contribution in [-0.4, -0.2) is 38.9 Å². The van der Waals surface area contributed by atoms with Gasteiger partial charge >= 0.3 is 0 Å². The molecule has 5 heteroatoms. The van der Waals surface area contributed by atoms with Gasteiger partial charge in [-0.3, -0.25) is 4.68 Å². The normalized spacial score (nSPS) is 22.4. The summed E-state index contributed by atoms with van der Waals surface area (Å²) >= 11 is 2.05. The fourth-order valence-corrected chi connectivity index (χ4v) is 2.74. The number of hydrogen-bond acceptors (Lipinski definition) is 4. The predicted octanol–water partition coefficient (Wildman–Crippen LogP) is 0.763. The molecule has 0 aromatic carbocycles. The van der Waals surface area contributed by atoms with E-state index in [4.69, 9.17) is 0 Å². The number of nitrogens with one attached hydrogen (secondary N) is 1. The summed E-state index contributed by atoms with van der Waals surface area (Å²) in [6, 6.07) is 0.706. The third-order valence-corrected chi connectivity index (χ3v) is 3.62. The zero-order valence-electron chi connectivity index (χ0n) is 8.22. The standard InChI is InChI=1S/C9H16N4S/c1-2-9(6-14-5-1)11-3-4-13-8-10-7-12-13/h7-9,11H,1-6H2. The Morgan fingerprint density at radius 3 is 3.29 bits per heavy atom. The predicted molar refractivity (Wildman–Crippen MR) is 58.4 cm³/mol. The topological polar surface area (TPSA) is 42.7 Å². The summed E-state index contributed by atoms with van der Waals surface area (Å²) in [4.78, 5) is 3.91. The Kier molecular flexibility index (Phi) is 3.82. The highest BCUT2D eigenvalue weighted by Crippen LogP contribution is 2.16. The van der Waals surface area contributed by atoms with Crippen LogP contribution in [0.15, 0.2) is 12.7 Å². The Hall–Kier alpha value is -0.550. The van der Waals surface area contributed by atoms with Gasteiger partial charge in [0.25, 0.3) is 0 Å². The maximum atomic E-state index is 4.06. The van der Waals surface area contributed by atoms with Crippen molar-refractivity contribution in [1.29, 1.82) is 0 Å². The summed E-state index contributed by atoms with van der Waals surface area (Å²) < 4.78 is 1.86. The molecule has 1 aliphatic heterocycles. The summed E-state index contributed by atoms with van der Waals surface area (Å²) in [5.74, 6) is 2.60. The molecule has 0 bridgehead atoms. The van der Waals surface area contributed by atoms with Crippen molar-refractivity contribution in [3.63, 3.8) is 0 Å². The van der Waals surface area contributed by atoms with Gasteiger partial charge in [-0.2, -0.15) is 16.9 Å². The number of thioether (sulfide) groups is 1. The van der Waals surface area contributed by atoms with E-state index < -0.39 is 0 Å². The first-order chi connectivity index (χ1) is 6.95. The van der Waals surface area contributed by atoms with Gasteiger partial charge < -0.3 is 5.32 Å². The average molecular weight is 212 g/mol. The van der Waals surface area contributed by atoms with Crippen molar-refractivity contribution < 1.29 is 0 Å². The van der Waals surface area contributed by atoms with Gasteiger partial charge in [0.2, 0.25) is 0 Å². The summed E-state index contributed by atoms with van der Waals surface area (Å²) in [5, 5.41) is 7.61. The van der Waals surface area contributed by atoms with Crippen LogP contribution < -0.4 is 5.32 Å². The molecule has 1 fully saturated rings. The van der Waals surface area contributed by atoms with Crippen LogP contribution >= 0.6 is 11.8 Å². The summed E-state index contributed by atoms with van der Waals surface area (Å²) in [5.41, 5.74) is 0. The second kappa shape index (κ2) is 5.36. The van der Waals surface area contributed by atoms with Crippen LogP contribution in [0, 0.1) is 0 Å². The van der Waals surface area contributed by atoms with Gasteiger partial charge in [-0.15, -0.1) is 0 Å². The summed E-state index contributed by atoms with van der Waals surface area (Å²) in [7, 11) is 0. The minimum Gasteiger partial charge on any atom is -0.311 e. The maximum Gasteiger partial charge on any atom is 0.137 e. The molecule has 2 rings (SSSR count). The molecule has 4 nitrogen and oxygen atoms in total. The summed E-state index contributed by atoms with van der Waals surface area (Å²) in [6.07, 6.45) is 6.02. The highest BCUT2D eigenvalue weighted by molar-refractivity contribution is 7.99. The molecule has 1 N–H and O–H groups in total. The molecular formula is C9H16N4S. The van der Waals surface area contributed by atoms with E-state index in [0.29, 0.717) is 6.04 Å². The van der Waals surface area contributed by atoms with Crippen molar-refractivity contribution in [3.8, 4) is 0 Å². The molecule has 1 unspecified atom stereocenters. The van der Waals surface area contributed by atoms with Gasteiger partial charge in [0.05, 0.1) is 6.54 Å². The molecule has 78 valence electrons. The Bertz CT molecular complexity index is 243.